The molecule has 3 aromatic heterocycles. The number of methoxy groups -OCH3 is 2. The number of alkyl halides is 3. The number of benzene rings is 1. The first kappa shape index (κ1) is 17.7. The third-order valence-corrected chi connectivity index (χ3v) is 3.97. The SMILES string of the molecule is COc1cc(OC)cc(-n2ccc3c(nnc4nc(C(F)(F)F)nn43)c2=O)c1. The molecule has 0 saturated carbocycles. The summed E-state index contributed by atoms with van der Waals surface area (Å²) in [5.41, 5.74) is -0.314. The van der Waals surface area contributed by atoms with Crippen molar-refractivity contribution in [3.8, 4) is 17.2 Å². The molecule has 0 N–H and O–H groups in total. The number of nitrogens with zero attached hydrogens (tertiary/aromatic N) is 6. The maximum Gasteiger partial charge on any atom is 0.453 e. The Morgan fingerprint density at radius 3 is 2.32 bits per heavy atom. The van der Waals surface area contributed by atoms with Gasteiger partial charge < -0.3 is 9.47 Å². The molecule has 0 spiro atoms. The molecule has 3 heterocycles. The Bertz CT molecular complexity index is 1240. The van der Waals surface area contributed by atoms with E-state index in [0.717, 1.165) is 4.52 Å². The normalized spacial score (nSPS) is 11.9. The minimum Gasteiger partial charge on any atom is -0.497 e. The minimum absolute atomic E-state index is 0.0455. The maximum absolute atomic E-state index is 12.9. The van der Waals surface area contributed by atoms with Crippen LogP contribution >= 0.6 is 0 Å². The zero-order valence-electron chi connectivity index (χ0n) is 14.4. The molecule has 144 valence electrons. The van der Waals surface area contributed by atoms with Crippen LogP contribution < -0.4 is 15.0 Å². The lowest BCUT2D eigenvalue weighted by Gasteiger charge is -2.11. The summed E-state index contributed by atoms with van der Waals surface area (Å²) in [4.78, 5) is 16.2. The van der Waals surface area contributed by atoms with Crippen molar-refractivity contribution in [1.29, 1.82) is 0 Å². The predicted molar refractivity (Wildman–Crippen MR) is 89.8 cm³/mol. The first-order valence-electron chi connectivity index (χ1n) is 7.77. The Labute approximate surface area is 154 Å². The van der Waals surface area contributed by atoms with E-state index in [9.17, 15) is 18.0 Å². The van der Waals surface area contributed by atoms with Gasteiger partial charge in [-0.2, -0.15) is 22.7 Å². The fourth-order valence-electron chi connectivity index (χ4n) is 2.66. The Morgan fingerprint density at radius 1 is 1.04 bits per heavy atom. The van der Waals surface area contributed by atoms with E-state index in [1.54, 1.807) is 18.2 Å². The molecule has 0 bridgehead atoms. The largest absolute Gasteiger partial charge is 0.497 e. The van der Waals surface area contributed by atoms with E-state index in [-0.39, 0.29) is 16.8 Å². The average molecular weight is 392 g/mol. The molecule has 1 aromatic carbocycles. The van der Waals surface area contributed by atoms with E-state index in [1.807, 2.05) is 0 Å². The molecule has 28 heavy (non-hydrogen) atoms. The van der Waals surface area contributed by atoms with Gasteiger partial charge in [-0.05, 0) is 6.07 Å². The van der Waals surface area contributed by atoms with Gasteiger partial charge >= 0.3 is 6.18 Å². The lowest BCUT2D eigenvalue weighted by molar-refractivity contribution is -0.144. The summed E-state index contributed by atoms with van der Waals surface area (Å²) in [5.74, 6) is -0.820. The second-order valence-electron chi connectivity index (χ2n) is 5.64. The van der Waals surface area contributed by atoms with E-state index in [2.05, 4.69) is 20.3 Å². The van der Waals surface area contributed by atoms with Crippen molar-refractivity contribution in [3.63, 3.8) is 0 Å². The van der Waals surface area contributed by atoms with Crippen molar-refractivity contribution in [2.75, 3.05) is 14.2 Å². The van der Waals surface area contributed by atoms with Crippen LogP contribution in [0, 0.1) is 0 Å². The summed E-state index contributed by atoms with van der Waals surface area (Å²) in [6.07, 6.45) is -3.36. The van der Waals surface area contributed by atoms with E-state index in [0.29, 0.717) is 17.2 Å². The quantitative estimate of drug-likeness (QED) is 0.525. The maximum atomic E-state index is 12.9. The third-order valence-electron chi connectivity index (χ3n) is 3.97. The molecule has 9 nitrogen and oxygen atoms in total. The van der Waals surface area contributed by atoms with Crippen LogP contribution in [-0.4, -0.2) is 43.6 Å². The summed E-state index contributed by atoms with van der Waals surface area (Å²) in [6.45, 7) is 0. The summed E-state index contributed by atoms with van der Waals surface area (Å²) >= 11 is 0. The summed E-state index contributed by atoms with van der Waals surface area (Å²) in [5, 5.41) is 10.7. The van der Waals surface area contributed by atoms with E-state index in [1.165, 1.54) is 31.0 Å². The summed E-state index contributed by atoms with van der Waals surface area (Å²) in [7, 11) is 2.93. The van der Waals surface area contributed by atoms with Gasteiger partial charge in [0, 0.05) is 24.4 Å². The zero-order chi connectivity index (χ0) is 20.1. The number of aromatic nitrogens is 6. The molecule has 0 unspecified atom stereocenters. The highest BCUT2D eigenvalue weighted by molar-refractivity contribution is 5.74. The second-order valence-corrected chi connectivity index (χ2v) is 5.64. The molecule has 12 heteroatoms. The molecule has 0 aliphatic carbocycles. The fourth-order valence-corrected chi connectivity index (χ4v) is 2.66. The lowest BCUT2D eigenvalue weighted by atomic mass is 10.2. The van der Waals surface area contributed by atoms with Crippen LogP contribution in [0.4, 0.5) is 13.2 Å². The van der Waals surface area contributed by atoms with Crippen molar-refractivity contribution in [3.05, 3.63) is 46.6 Å². The van der Waals surface area contributed by atoms with Gasteiger partial charge in [-0.1, -0.05) is 0 Å². The number of fused-ring (bicyclic) bond motifs is 3. The highest BCUT2D eigenvalue weighted by Gasteiger charge is 2.36. The lowest BCUT2D eigenvalue weighted by Crippen LogP contribution is -2.20. The van der Waals surface area contributed by atoms with Gasteiger partial charge in [-0.25, -0.2) is 0 Å². The van der Waals surface area contributed by atoms with Crippen LogP contribution in [0.5, 0.6) is 11.5 Å². The molecular weight excluding hydrogens is 381 g/mol. The molecule has 0 radical (unpaired) electrons. The molecule has 0 aliphatic heterocycles. The van der Waals surface area contributed by atoms with Gasteiger partial charge in [-0.15, -0.1) is 15.3 Å². The standard InChI is InChI=1S/C16H11F3N6O3/c1-27-9-5-8(6-10(7-9)28-2)24-4-3-11-12(13(24)26)21-22-15-20-14(16(17,18)19)23-25(11)15/h3-7H,1-2H3. The molecule has 0 fully saturated rings. The van der Waals surface area contributed by atoms with Crippen molar-refractivity contribution in [1.82, 2.24) is 29.4 Å². The monoisotopic (exact) mass is 392 g/mol. The van der Waals surface area contributed by atoms with Crippen molar-refractivity contribution in [2.24, 2.45) is 0 Å². The van der Waals surface area contributed by atoms with Crippen LogP contribution in [-0.2, 0) is 6.18 Å². The zero-order valence-corrected chi connectivity index (χ0v) is 14.4. The fraction of sp³-hybridized carbons (Fsp3) is 0.188. The molecule has 4 aromatic rings. The predicted octanol–water partition coefficient (Wildman–Crippen LogP) is 1.86. The number of hydrogen-bond donors (Lipinski definition) is 0. The van der Waals surface area contributed by atoms with Crippen LogP contribution in [0.2, 0.25) is 0 Å². The number of pyridine rings is 1. The first-order valence-corrected chi connectivity index (χ1v) is 7.77. The molecule has 0 aliphatic rings. The highest BCUT2D eigenvalue weighted by atomic mass is 19.4. The van der Waals surface area contributed by atoms with E-state index >= 15 is 0 Å². The number of halogens is 3. The average Bonchev–Trinajstić information content (AvgIpc) is 3.13. The Balaban J connectivity index is 1.95. The van der Waals surface area contributed by atoms with Gasteiger partial charge in [-0.3, -0.25) is 9.36 Å². The van der Waals surface area contributed by atoms with Gasteiger partial charge in [0.25, 0.3) is 17.2 Å². The number of hydrogen-bond acceptors (Lipinski definition) is 7. The summed E-state index contributed by atoms with van der Waals surface area (Å²) < 4.78 is 51.0. The highest BCUT2D eigenvalue weighted by Crippen LogP contribution is 2.27. The Hall–Kier alpha value is -3.70. The Morgan fingerprint density at radius 2 is 1.71 bits per heavy atom. The van der Waals surface area contributed by atoms with Gasteiger partial charge in [0.2, 0.25) is 0 Å². The number of rotatable bonds is 3. The van der Waals surface area contributed by atoms with Crippen LogP contribution in [0.15, 0.2) is 35.3 Å². The van der Waals surface area contributed by atoms with Crippen LogP contribution in [0.25, 0.3) is 22.5 Å². The van der Waals surface area contributed by atoms with Crippen molar-refractivity contribution in [2.45, 2.75) is 6.18 Å². The third kappa shape index (κ3) is 2.78. The van der Waals surface area contributed by atoms with Crippen LogP contribution in [0.3, 0.4) is 0 Å². The molecular formula is C16H11F3N6O3. The molecule has 4 rings (SSSR count). The minimum atomic E-state index is -4.74. The smallest absolute Gasteiger partial charge is 0.453 e. The van der Waals surface area contributed by atoms with Gasteiger partial charge in [0.05, 0.1) is 19.9 Å². The molecule has 0 saturated heterocycles. The molecule has 0 atom stereocenters. The van der Waals surface area contributed by atoms with E-state index in [4.69, 9.17) is 9.47 Å². The molecule has 0 amide bonds. The summed E-state index contributed by atoms with van der Waals surface area (Å²) in [6, 6.07) is 6.23. The first-order chi connectivity index (χ1) is 13.3. The topological polar surface area (TPSA) is 96.4 Å². The number of ether oxygens (including phenoxy) is 2. The van der Waals surface area contributed by atoms with Crippen molar-refractivity contribution >= 4 is 16.8 Å². The van der Waals surface area contributed by atoms with Crippen molar-refractivity contribution < 1.29 is 22.6 Å². The van der Waals surface area contributed by atoms with Gasteiger partial charge in [0.1, 0.15) is 17.0 Å². The second kappa shape index (κ2) is 6.18. The van der Waals surface area contributed by atoms with Crippen LogP contribution in [0.1, 0.15) is 5.82 Å². The Kier molecular flexibility index (Phi) is 3.91. The van der Waals surface area contributed by atoms with E-state index < -0.39 is 17.6 Å². The van der Waals surface area contributed by atoms with Gasteiger partial charge in [0.15, 0.2) is 5.52 Å².